The van der Waals surface area contributed by atoms with Crippen LogP contribution in [0.15, 0.2) is 0 Å². The molecule has 1 heterocycles. The Bertz CT molecular complexity index is 264. The van der Waals surface area contributed by atoms with E-state index in [1.165, 1.54) is 0 Å². The molecule has 0 atom stereocenters. The first-order valence-electron chi connectivity index (χ1n) is 5.79. The summed E-state index contributed by atoms with van der Waals surface area (Å²) < 4.78 is 5.88. The summed E-state index contributed by atoms with van der Waals surface area (Å²) in [6, 6.07) is 2.99. The zero-order valence-electron chi connectivity index (χ0n) is 9.86. The molecule has 15 heavy (non-hydrogen) atoms. The summed E-state index contributed by atoms with van der Waals surface area (Å²) in [5.74, 6) is 0.285. The molecule has 0 amide bonds. The molecule has 0 aromatic carbocycles. The average Bonchev–Trinajstić information content (AvgIpc) is 1.95. The Morgan fingerprint density at radius 2 is 1.87 bits per heavy atom. The molecule has 3 nitrogen and oxygen atoms in total. The van der Waals surface area contributed by atoms with Gasteiger partial charge in [0.1, 0.15) is 0 Å². The quantitative estimate of drug-likeness (QED) is 0.694. The number of hydrogen-bond donors (Lipinski definition) is 0. The number of ether oxygens (including phenoxy) is 1. The molecule has 2 aliphatic rings. The van der Waals surface area contributed by atoms with Gasteiger partial charge < -0.3 is 4.74 Å². The zero-order valence-corrected chi connectivity index (χ0v) is 9.86. The lowest BCUT2D eigenvalue weighted by Crippen LogP contribution is -2.58. The van der Waals surface area contributed by atoms with Crippen LogP contribution in [0, 0.1) is 17.2 Å². The molecular weight excluding hydrogens is 188 g/mol. The summed E-state index contributed by atoms with van der Waals surface area (Å²) >= 11 is 0. The van der Waals surface area contributed by atoms with Crippen LogP contribution in [0.4, 0.5) is 0 Å². The number of nitriles is 1. The minimum atomic E-state index is -0.0141. The summed E-state index contributed by atoms with van der Waals surface area (Å²) in [5.41, 5.74) is -0.0141. The Kier molecular flexibility index (Phi) is 2.74. The van der Waals surface area contributed by atoms with Gasteiger partial charge in [-0.25, -0.2) is 0 Å². The molecule has 2 fully saturated rings. The maximum Gasteiger partial charge on any atom is 0.0717 e. The van der Waals surface area contributed by atoms with E-state index in [1.807, 2.05) is 0 Å². The molecule has 0 bridgehead atoms. The minimum Gasteiger partial charge on any atom is -0.373 e. The van der Waals surface area contributed by atoms with E-state index in [4.69, 9.17) is 10.00 Å². The summed E-state index contributed by atoms with van der Waals surface area (Å²) in [7, 11) is 0. The molecule has 0 N–H and O–H groups in total. The molecule has 0 radical (unpaired) electrons. The number of likely N-dealkylation sites (tertiary alicyclic amines) is 1. The average molecular weight is 208 g/mol. The third kappa shape index (κ3) is 2.50. The van der Waals surface area contributed by atoms with Crippen LogP contribution in [0.2, 0.25) is 0 Å². The van der Waals surface area contributed by atoms with Crippen LogP contribution >= 0.6 is 0 Å². The normalized spacial score (nSPS) is 32.9. The standard InChI is InChI=1S/C12H20N2O/c1-12(2,3)15-11-4-10(5-11)14-7-9(6-13)8-14/h9-11H,4-5,7-8H2,1-3H3. The molecule has 2 rings (SSSR count). The molecule has 1 saturated carbocycles. The van der Waals surface area contributed by atoms with Gasteiger partial charge in [0.15, 0.2) is 0 Å². The number of nitrogens with zero attached hydrogens (tertiary/aromatic N) is 2. The predicted molar refractivity (Wildman–Crippen MR) is 58.3 cm³/mol. The van der Waals surface area contributed by atoms with Gasteiger partial charge in [-0.3, -0.25) is 4.90 Å². The van der Waals surface area contributed by atoms with Gasteiger partial charge in [-0.15, -0.1) is 0 Å². The number of rotatable bonds is 2. The predicted octanol–water partition coefficient (Wildman–Crippen LogP) is 1.79. The monoisotopic (exact) mass is 208 g/mol. The fraction of sp³-hybridized carbons (Fsp3) is 0.917. The SMILES string of the molecule is CC(C)(C)OC1CC(N2CC(C#N)C2)C1. The maximum absolute atomic E-state index is 8.68. The van der Waals surface area contributed by atoms with Gasteiger partial charge >= 0.3 is 0 Å². The van der Waals surface area contributed by atoms with Gasteiger partial charge in [-0.1, -0.05) is 0 Å². The molecule has 1 saturated heterocycles. The van der Waals surface area contributed by atoms with E-state index in [0.29, 0.717) is 12.1 Å². The Labute approximate surface area is 92.0 Å². The lowest BCUT2D eigenvalue weighted by Gasteiger charge is -2.49. The van der Waals surface area contributed by atoms with Gasteiger partial charge in [0.05, 0.1) is 23.7 Å². The topological polar surface area (TPSA) is 36.3 Å². The largest absolute Gasteiger partial charge is 0.373 e. The Morgan fingerprint density at radius 3 is 2.33 bits per heavy atom. The highest BCUT2D eigenvalue weighted by Crippen LogP contribution is 2.34. The highest BCUT2D eigenvalue weighted by Gasteiger charge is 2.41. The van der Waals surface area contributed by atoms with E-state index in [0.717, 1.165) is 25.9 Å². The van der Waals surface area contributed by atoms with Crippen molar-refractivity contribution in [3.8, 4) is 6.07 Å². The van der Waals surface area contributed by atoms with E-state index < -0.39 is 0 Å². The van der Waals surface area contributed by atoms with Crippen LogP contribution in [0.25, 0.3) is 0 Å². The highest BCUT2D eigenvalue weighted by atomic mass is 16.5. The molecule has 0 spiro atoms. The van der Waals surface area contributed by atoms with Crippen molar-refractivity contribution in [1.29, 1.82) is 5.26 Å². The van der Waals surface area contributed by atoms with Crippen LogP contribution in [0.1, 0.15) is 33.6 Å². The van der Waals surface area contributed by atoms with E-state index in [9.17, 15) is 0 Å². The summed E-state index contributed by atoms with van der Waals surface area (Å²) in [5, 5.41) is 8.68. The van der Waals surface area contributed by atoms with Crippen LogP contribution in [0.3, 0.4) is 0 Å². The van der Waals surface area contributed by atoms with E-state index >= 15 is 0 Å². The van der Waals surface area contributed by atoms with Crippen molar-refractivity contribution >= 4 is 0 Å². The fourth-order valence-corrected chi connectivity index (χ4v) is 2.32. The van der Waals surface area contributed by atoms with Gasteiger partial charge in [0.25, 0.3) is 0 Å². The summed E-state index contributed by atoms with van der Waals surface area (Å²) in [6.45, 7) is 8.27. The molecular formula is C12H20N2O. The van der Waals surface area contributed by atoms with Crippen LogP contribution in [-0.4, -0.2) is 35.7 Å². The van der Waals surface area contributed by atoms with Crippen molar-refractivity contribution < 1.29 is 4.74 Å². The second-order valence-electron chi connectivity index (χ2n) is 5.76. The first-order chi connectivity index (χ1) is 6.98. The third-order valence-corrected chi connectivity index (χ3v) is 3.20. The van der Waals surface area contributed by atoms with E-state index in [1.54, 1.807) is 0 Å². The minimum absolute atomic E-state index is 0.0141. The van der Waals surface area contributed by atoms with Gasteiger partial charge in [0.2, 0.25) is 0 Å². The van der Waals surface area contributed by atoms with Crippen molar-refractivity contribution in [2.24, 2.45) is 5.92 Å². The highest BCUT2D eigenvalue weighted by molar-refractivity contribution is 5.01. The maximum atomic E-state index is 8.68. The molecule has 0 aromatic heterocycles. The first kappa shape index (κ1) is 10.9. The molecule has 84 valence electrons. The van der Waals surface area contributed by atoms with Crippen molar-refractivity contribution in [3.63, 3.8) is 0 Å². The van der Waals surface area contributed by atoms with Crippen LogP contribution in [-0.2, 0) is 4.74 Å². The van der Waals surface area contributed by atoms with Crippen LogP contribution < -0.4 is 0 Å². The van der Waals surface area contributed by atoms with Crippen LogP contribution in [0.5, 0.6) is 0 Å². The Hall–Kier alpha value is -0.590. The second-order valence-corrected chi connectivity index (χ2v) is 5.76. The molecule has 0 aromatic rings. The molecule has 0 unspecified atom stereocenters. The van der Waals surface area contributed by atoms with Crippen molar-refractivity contribution in [2.45, 2.75) is 51.4 Å². The lowest BCUT2D eigenvalue weighted by atomic mass is 9.83. The van der Waals surface area contributed by atoms with Crippen molar-refractivity contribution in [3.05, 3.63) is 0 Å². The Balaban J connectivity index is 1.65. The fourth-order valence-electron chi connectivity index (χ4n) is 2.32. The summed E-state index contributed by atoms with van der Waals surface area (Å²) in [6.07, 6.45) is 2.74. The van der Waals surface area contributed by atoms with Gasteiger partial charge in [-0.05, 0) is 33.6 Å². The number of hydrogen-bond acceptors (Lipinski definition) is 3. The van der Waals surface area contributed by atoms with Crippen molar-refractivity contribution in [1.82, 2.24) is 4.90 Å². The Morgan fingerprint density at radius 1 is 1.27 bits per heavy atom. The second kappa shape index (κ2) is 3.77. The van der Waals surface area contributed by atoms with E-state index in [-0.39, 0.29) is 11.5 Å². The smallest absolute Gasteiger partial charge is 0.0717 e. The van der Waals surface area contributed by atoms with E-state index in [2.05, 4.69) is 31.7 Å². The zero-order chi connectivity index (χ0) is 11.1. The first-order valence-corrected chi connectivity index (χ1v) is 5.79. The molecule has 1 aliphatic carbocycles. The molecule has 1 aliphatic heterocycles. The van der Waals surface area contributed by atoms with Crippen molar-refractivity contribution in [2.75, 3.05) is 13.1 Å². The lowest BCUT2D eigenvalue weighted by molar-refractivity contribution is -0.130. The third-order valence-electron chi connectivity index (χ3n) is 3.20. The summed E-state index contributed by atoms with van der Waals surface area (Å²) in [4.78, 5) is 2.41. The molecule has 3 heteroatoms. The van der Waals surface area contributed by atoms with Gasteiger partial charge in [-0.2, -0.15) is 5.26 Å². The van der Waals surface area contributed by atoms with Gasteiger partial charge in [0, 0.05) is 19.1 Å².